The first-order valence-electron chi connectivity index (χ1n) is 8.78. The first-order chi connectivity index (χ1) is 13.2. The van der Waals surface area contributed by atoms with Gasteiger partial charge in [0.2, 0.25) is 0 Å². The van der Waals surface area contributed by atoms with E-state index in [9.17, 15) is 20.1 Å². The van der Waals surface area contributed by atoms with E-state index in [4.69, 9.17) is 0 Å². The standard InChI is InChI=1S/C21H22I4O4/c1-20(2,3)12(19(28)29)9-21(4,10-5-13(22)17(26)14(23)6-10)11-7-15(24)18(27)16(25)8-11/h5-8,12,26-27H,9H2,1-4H3,(H,28,29). The highest BCUT2D eigenvalue weighted by molar-refractivity contribution is 14.1. The summed E-state index contributed by atoms with van der Waals surface area (Å²) in [5.41, 5.74) is 0.827. The Hall–Kier alpha value is 0.430. The molecule has 4 nitrogen and oxygen atoms in total. The summed E-state index contributed by atoms with van der Waals surface area (Å²) >= 11 is 8.41. The van der Waals surface area contributed by atoms with Crippen LogP contribution in [0, 0.1) is 25.6 Å². The number of benzene rings is 2. The van der Waals surface area contributed by atoms with Crippen LogP contribution in [0.4, 0.5) is 0 Å². The van der Waals surface area contributed by atoms with E-state index in [0.29, 0.717) is 6.42 Å². The summed E-state index contributed by atoms with van der Waals surface area (Å²) in [4.78, 5) is 12.2. The number of aliphatic carboxylic acids is 1. The smallest absolute Gasteiger partial charge is 0.307 e. The van der Waals surface area contributed by atoms with Gasteiger partial charge in [0, 0.05) is 5.41 Å². The van der Waals surface area contributed by atoms with Crippen LogP contribution >= 0.6 is 90.4 Å². The van der Waals surface area contributed by atoms with Gasteiger partial charge in [-0.2, -0.15) is 0 Å². The van der Waals surface area contributed by atoms with Crippen LogP contribution in [0.1, 0.15) is 45.2 Å². The second-order valence-corrected chi connectivity index (χ2v) is 13.0. The third-order valence-electron chi connectivity index (χ3n) is 5.26. The van der Waals surface area contributed by atoms with Crippen molar-refractivity contribution in [3.05, 3.63) is 49.7 Å². The van der Waals surface area contributed by atoms with Crippen LogP contribution in [0.15, 0.2) is 24.3 Å². The molecule has 0 fully saturated rings. The molecule has 0 amide bonds. The lowest BCUT2D eigenvalue weighted by atomic mass is 9.65. The summed E-state index contributed by atoms with van der Waals surface area (Å²) in [6, 6.07) is 7.69. The molecular formula is C21H22I4O4. The van der Waals surface area contributed by atoms with E-state index in [2.05, 4.69) is 90.4 Å². The molecule has 2 aromatic rings. The minimum absolute atomic E-state index is 0.234. The zero-order chi connectivity index (χ0) is 22.3. The summed E-state index contributed by atoms with van der Waals surface area (Å²) in [5.74, 6) is -0.939. The van der Waals surface area contributed by atoms with Gasteiger partial charge in [-0.1, -0.05) is 27.7 Å². The molecule has 1 atom stereocenters. The SMILES string of the molecule is CC(CC(C(=O)O)C(C)(C)C)(c1cc(I)c(O)c(I)c1)c1cc(I)c(O)c(I)c1. The predicted octanol–water partition coefficient (Wildman–Crippen LogP) is 6.96. The minimum Gasteiger partial charge on any atom is -0.506 e. The van der Waals surface area contributed by atoms with Gasteiger partial charge in [-0.15, -0.1) is 0 Å². The molecule has 1 unspecified atom stereocenters. The molecule has 0 bridgehead atoms. The van der Waals surface area contributed by atoms with E-state index in [1.165, 1.54) is 0 Å². The molecule has 0 aromatic heterocycles. The van der Waals surface area contributed by atoms with E-state index in [1.54, 1.807) is 0 Å². The normalized spacial score (nSPS) is 13.4. The Morgan fingerprint density at radius 2 is 1.14 bits per heavy atom. The molecule has 2 rings (SSSR count). The Balaban J connectivity index is 2.80. The Kier molecular flexibility index (Phi) is 8.42. The Bertz CT molecular complexity index is 847. The summed E-state index contributed by atoms with van der Waals surface area (Å²) in [6.45, 7) is 7.88. The third-order valence-corrected chi connectivity index (χ3v) is 8.55. The van der Waals surface area contributed by atoms with Crippen LogP contribution in [0.2, 0.25) is 0 Å². The largest absolute Gasteiger partial charge is 0.506 e. The van der Waals surface area contributed by atoms with Crippen molar-refractivity contribution in [1.29, 1.82) is 0 Å². The van der Waals surface area contributed by atoms with Crippen molar-refractivity contribution in [3.8, 4) is 11.5 Å². The van der Waals surface area contributed by atoms with Gasteiger partial charge in [-0.25, -0.2) is 0 Å². The number of hydrogen-bond acceptors (Lipinski definition) is 3. The number of halogens is 4. The maximum Gasteiger partial charge on any atom is 0.307 e. The van der Waals surface area contributed by atoms with Gasteiger partial charge >= 0.3 is 5.97 Å². The Labute approximate surface area is 225 Å². The molecule has 0 aliphatic carbocycles. The fourth-order valence-electron chi connectivity index (χ4n) is 3.34. The van der Waals surface area contributed by atoms with Gasteiger partial charge in [0.25, 0.3) is 0 Å². The van der Waals surface area contributed by atoms with E-state index in [0.717, 1.165) is 25.4 Å². The first kappa shape index (κ1) is 25.7. The number of phenols is 2. The highest BCUT2D eigenvalue weighted by atomic mass is 127. The maximum absolute atomic E-state index is 12.2. The molecule has 0 saturated heterocycles. The fourth-order valence-corrected chi connectivity index (χ4v) is 6.88. The molecule has 0 saturated carbocycles. The summed E-state index contributed by atoms with van der Waals surface area (Å²) in [6.07, 6.45) is 0.389. The number of phenolic OH excluding ortho intramolecular Hbond substituents is 2. The molecule has 3 N–H and O–H groups in total. The van der Waals surface area contributed by atoms with Gasteiger partial charge in [-0.3, -0.25) is 4.79 Å². The second kappa shape index (κ2) is 9.51. The van der Waals surface area contributed by atoms with Gasteiger partial charge < -0.3 is 15.3 Å². The minimum atomic E-state index is -0.824. The molecule has 29 heavy (non-hydrogen) atoms. The molecular weight excluding hydrogens is 824 g/mol. The van der Waals surface area contributed by atoms with Crippen molar-refractivity contribution in [3.63, 3.8) is 0 Å². The number of hydrogen-bond donors (Lipinski definition) is 3. The number of carboxylic acids is 1. The molecule has 2 aromatic carbocycles. The fraction of sp³-hybridized carbons (Fsp3) is 0.381. The third kappa shape index (κ3) is 5.62. The van der Waals surface area contributed by atoms with Gasteiger partial charge in [-0.05, 0) is 138 Å². The average Bonchev–Trinajstić information content (AvgIpc) is 2.59. The van der Waals surface area contributed by atoms with Crippen LogP contribution in [0.5, 0.6) is 11.5 Å². The number of rotatable bonds is 5. The quantitative estimate of drug-likeness (QED) is 0.285. The topological polar surface area (TPSA) is 77.8 Å². The molecule has 0 radical (unpaired) electrons. The summed E-state index contributed by atoms with van der Waals surface area (Å²) < 4.78 is 2.89. The molecule has 0 aliphatic rings. The van der Waals surface area contributed by atoms with Crippen LogP contribution in [-0.4, -0.2) is 21.3 Å². The summed E-state index contributed by atoms with van der Waals surface area (Å²) in [5, 5.41) is 30.5. The van der Waals surface area contributed by atoms with Crippen LogP contribution in [0.25, 0.3) is 0 Å². The zero-order valence-electron chi connectivity index (χ0n) is 16.4. The zero-order valence-corrected chi connectivity index (χ0v) is 25.0. The second-order valence-electron chi connectivity index (χ2n) is 8.37. The van der Waals surface area contributed by atoms with Gasteiger partial charge in [0.15, 0.2) is 0 Å². The molecule has 158 valence electrons. The van der Waals surface area contributed by atoms with Crippen LogP contribution in [-0.2, 0) is 10.2 Å². The summed E-state index contributed by atoms with van der Waals surface area (Å²) in [7, 11) is 0. The van der Waals surface area contributed by atoms with Crippen molar-refractivity contribution in [1.82, 2.24) is 0 Å². The van der Waals surface area contributed by atoms with Crippen molar-refractivity contribution < 1.29 is 20.1 Å². The maximum atomic E-state index is 12.2. The van der Waals surface area contributed by atoms with Crippen molar-refractivity contribution >= 4 is 96.3 Å². The van der Waals surface area contributed by atoms with Crippen molar-refractivity contribution in [2.45, 2.75) is 39.5 Å². The highest BCUT2D eigenvalue weighted by Crippen LogP contribution is 2.46. The lowest BCUT2D eigenvalue weighted by molar-refractivity contribution is -0.146. The van der Waals surface area contributed by atoms with Crippen molar-refractivity contribution in [2.75, 3.05) is 0 Å². The van der Waals surface area contributed by atoms with Crippen LogP contribution < -0.4 is 0 Å². The molecule has 0 spiro atoms. The molecule has 8 heteroatoms. The van der Waals surface area contributed by atoms with Gasteiger partial charge in [0.1, 0.15) is 11.5 Å². The average molecular weight is 846 g/mol. The predicted molar refractivity (Wildman–Crippen MR) is 149 cm³/mol. The van der Waals surface area contributed by atoms with E-state index in [-0.39, 0.29) is 11.5 Å². The van der Waals surface area contributed by atoms with Crippen LogP contribution in [0.3, 0.4) is 0 Å². The van der Waals surface area contributed by atoms with E-state index < -0.39 is 22.7 Å². The molecule has 0 aliphatic heterocycles. The Morgan fingerprint density at radius 3 is 1.38 bits per heavy atom. The first-order valence-corrected chi connectivity index (χ1v) is 13.1. The number of carbonyl (C=O) groups is 1. The number of carboxylic acid groups (broad SMARTS) is 1. The lowest BCUT2D eigenvalue weighted by Gasteiger charge is -2.38. The highest BCUT2D eigenvalue weighted by Gasteiger charge is 2.41. The number of aromatic hydroxyl groups is 2. The van der Waals surface area contributed by atoms with E-state index >= 15 is 0 Å². The molecule has 0 heterocycles. The Morgan fingerprint density at radius 1 is 0.828 bits per heavy atom. The van der Waals surface area contributed by atoms with Crippen molar-refractivity contribution in [2.24, 2.45) is 11.3 Å². The monoisotopic (exact) mass is 846 g/mol. The van der Waals surface area contributed by atoms with Gasteiger partial charge in [0.05, 0.1) is 20.2 Å². The van der Waals surface area contributed by atoms with E-state index in [1.807, 2.05) is 52.0 Å². The lowest BCUT2D eigenvalue weighted by Crippen LogP contribution is -2.37.